The van der Waals surface area contributed by atoms with Gasteiger partial charge in [-0.2, -0.15) is 0 Å². The zero-order valence-corrected chi connectivity index (χ0v) is 13.7. The monoisotopic (exact) mass is 336 g/mol. The van der Waals surface area contributed by atoms with E-state index in [4.69, 9.17) is 4.74 Å². The summed E-state index contributed by atoms with van der Waals surface area (Å²) in [6.45, 7) is 3.42. The van der Waals surface area contributed by atoms with Crippen molar-refractivity contribution in [1.29, 1.82) is 0 Å². The highest BCUT2D eigenvalue weighted by molar-refractivity contribution is 7.92. The van der Waals surface area contributed by atoms with Crippen LogP contribution in [0, 0.1) is 24.0 Å². The van der Waals surface area contributed by atoms with Gasteiger partial charge in [-0.3, -0.25) is 14.8 Å². The van der Waals surface area contributed by atoms with E-state index in [0.717, 1.165) is 5.56 Å². The Bertz CT molecular complexity index is 862. The molecule has 1 N–H and O–H groups in total. The topological polar surface area (TPSA) is 98.5 Å². The number of methoxy groups -OCH3 is 1. The number of rotatable bonds is 5. The van der Waals surface area contributed by atoms with E-state index in [0.29, 0.717) is 5.56 Å². The van der Waals surface area contributed by atoms with Crippen molar-refractivity contribution in [3.05, 3.63) is 57.6 Å². The van der Waals surface area contributed by atoms with Gasteiger partial charge in [0.15, 0.2) is 0 Å². The summed E-state index contributed by atoms with van der Waals surface area (Å²) in [4.78, 5) is 10.3. The summed E-state index contributed by atoms with van der Waals surface area (Å²) in [5.41, 5.74) is 1.29. The van der Waals surface area contributed by atoms with E-state index in [1.54, 1.807) is 26.0 Å². The highest BCUT2D eigenvalue weighted by atomic mass is 32.2. The van der Waals surface area contributed by atoms with Crippen molar-refractivity contribution >= 4 is 21.4 Å². The van der Waals surface area contributed by atoms with Gasteiger partial charge in [-0.05, 0) is 37.1 Å². The average Bonchev–Trinajstić information content (AvgIpc) is 2.49. The van der Waals surface area contributed by atoms with Crippen molar-refractivity contribution in [3.63, 3.8) is 0 Å². The van der Waals surface area contributed by atoms with Gasteiger partial charge in [0.05, 0.1) is 17.7 Å². The summed E-state index contributed by atoms with van der Waals surface area (Å²) in [6, 6.07) is 8.77. The standard InChI is InChI=1S/C15H16N2O5S/c1-10-4-7-14(22-3)15(8-10)23(20,21)16-13-9-12(17(18)19)6-5-11(13)2/h4-9,16H,1-3H3. The van der Waals surface area contributed by atoms with Crippen molar-refractivity contribution in [2.45, 2.75) is 18.7 Å². The molecular weight excluding hydrogens is 320 g/mol. The Morgan fingerprint density at radius 3 is 2.43 bits per heavy atom. The van der Waals surface area contributed by atoms with Crippen LogP contribution in [-0.2, 0) is 10.0 Å². The summed E-state index contributed by atoms with van der Waals surface area (Å²) in [6.07, 6.45) is 0. The van der Waals surface area contributed by atoms with Gasteiger partial charge >= 0.3 is 0 Å². The minimum absolute atomic E-state index is 0.0223. The predicted octanol–water partition coefficient (Wildman–Crippen LogP) is 3.02. The number of non-ortho nitro benzene ring substituents is 1. The normalized spacial score (nSPS) is 11.1. The molecule has 0 aromatic heterocycles. The van der Waals surface area contributed by atoms with Crippen LogP contribution >= 0.6 is 0 Å². The first-order valence-corrected chi connectivity index (χ1v) is 8.15. The molecule has 0 spiro atoms. The Labute approximate surface area is 134 Å². The molecule has 0 bridgehead atoms. The fourth-order valence-electron chi connectivity index (χ4n) is 2.03. The van der Waals surface area contributed by atoms with Crippen molar-refractivity contribution in [2.24, 2.45) is 0 Å². The van der Waals surface area contributed by atoms with Crippen LogP contribution in [0.25, 0.3) is 0 Å². The molecule has 0 saturated carbocycles. The van der Waals surface area contributed by atoms with Crippen LogP contribution in [-0.4, -0.2) is 20.5 Å². The summed E-state index contributed by atoms with van der Waals surface area (Å²) in [5.74, 6) is 0.200. The lowest BCUT2D eigenvalue weighted by molar-refractivity contribution is -0.384. The minimum atomic E-state index is -3.94. The highest BCUT2D eigenvalue weighted by Crippen LogP contribution is 2.29. The van der Waals surface area contributed by atoms with Crippen molar-refractivity contribution in [2.75, 3.05) is 11.8 Å². The van der Waals surface area contributed by atoms with Gasteiger partial charge in [0.25, 0.3) is 15.7 Å². The van der Waals surface area contributed by atoms with Gasteiger partial charge in [0, 0.05) is 12.1 Å². The lowest BCUT2D eigenvalue weighted by Crippen LogP contribution is -2.15. The number of nitrogens with zero attached hydrogens (tertiary/aromatic N) is 1. The minimum Gasteiger partial charge on any atom is -0.495 e. The molecule has 122 valence electrons. The Kier molecular flexibility index (Phi) is 4.55. The van der Waals surface area contributed by atoms with Gasteiger partial charge < -0.3 is 4.74 Å². The Balaban J connectivity index is 2.49. The van der Waals surface area contributed by atoms with E-state index in [1.807, 2.05) is 0 Å². The molecule has 0 fully saturated rings. The molecule has 0 aliphatic carbocycles. The highest BCUT2D eigenvalue weighted by Gasteiger charge is 2.21. The SMILES string of the molecule is COc1ccc(C)cc1S(=O)(=O)Nc1cc([N+](=O)[O-])ccc1C. The number of nitro benzene ring substituents is 1. The van der Waals surface area contributed by atoms with E-state index >= 15 is 0 Å². The number of sulfonamides is 1. The second-order valence-corrected chi connectivity index (χ2v) is 6.67. The number of nitrogens with one attached hydrogen (secondary N) is 1. The molecule has 0 unspecified atom stereocenters. The third kappa shape index (κ3) is 3.59. The fourth-order valence-corrected chi connectivity index (χ4v) is 3.40. The van der Waals surface area contributed by atoms with Crippen LogP contribution in [0.1, 0.15) is 11.1 Å². The molecule has 7 nitrogen and oxygen atoms in total. The van der Waals surface area contributed by atoms with E-state index in [-0.39, 0.29) is 22.0 Å². The lowest BCUT2D eigenvalue weighted by Gasteiger charge is -2.13. The second kappa shape index (κ2) is 6.25. The number of anilines is 1. The van der Waals surface area contributed by atoms with Crippen LogP contribution in [0.5, 0.6) is 5.75 Å². The number of aryl methyl sites for hydroxylation is 2. The third-order valence-corrected chi connectivity index (χ3v) is 4.67. The predicted molar refractivity (Wildman–Crippen MR) is 86.4 cm³/mol. The smallest absolute Gasteiger partial charge is 0.271 e. The molecule has 0 amide bonds. The maximum Gasteiger partial charge on any atom is 0.271 e. The largest absolute Gasteiger partial charge is 0.495 e. The molecule has 0 radical (unpaired) electrons. The maximum absolute atomic E-state index is 12.6. The number of nitro groups is 1. The molecule has 0 aliphatic heterocycles. The molecule has 2 aromatic carbocycles. The van der Waals surface area contributed by atoms with Gasteiger partial charge in [-0.25, -0.2) is 8.42 Å². The maximum atomic E-state index is 12.6. The first kappa shape index (κ1) is 16.8. The molecule has 0 saturated heterocycles. The fraction of sp³-hybridized carbons (Fsp3) is 0.200. The van der Waals surface area contributed by atoms with E-state index in [9.17, 15) is 18.5 Å². The Morgan fingerprint density at radius 1 is 1.13 bits per heavy atom. The van der Waals surface area contributed by atoms with Crippen LogP contribution in [0.15, 0.2) is 41.3 Å². The molecule has 0 aliphatic rings. The molecule has 0 atom stereocenters. The molecule has 2 rings (SSSR count). The van der Waals surface area contributed by atoms with Crippen LogP contribution in [0.4, 0.5) is 11.4 Å². The van der Waals surface area contributed by atoms with Gasteiger partial charge in [-0.15, -0.1) is 0 Å². The number of ether oxygens (including phenoxy) is 1. The van der Waals surface area contributed by atoms with Gasteiger partial charge in [0.1, 0.15) is 10.6 Å². The molecule has 23 heavy (non-hydrogen) atoms. The van der Waals surface area contributed by atoms with Gasteiger partial charge in [-0.1, -0.05) is 12.1 Å². The van der Waals surface area contributed by atoms with Crippen molar-refractivity contribution in [3.8, 4) is 5.75 Å². The second-order valence-electron chi connectivity index (χ2n) is 5.02. The first-order chi connectivity index (χ1) is 10.7. The summed E-state index contributed by atoms with van der Waals surface area (Å²) < 4.78 is 32.7. The number of hydrogen-bond donors (Lipinski definition) is 1. The zero-order valence-electron chi connectivity index (χ0n) is 12.9. The summed E-state index contributed by atoms with van der Waals surface area (Å²) in [7, 11) is -2.56. The number of hydrogen-bond acceptors (Lipinski definition) is 5. The van der Waals surface area contributed by atoms with Crippen LogP contribution in [0.3, 0.4) is 0 Å². The van der Waals surface area contributed by atoms with E-state index < -0.39 is 14.9 Å². The third-order valence-electron chi connectivity index (χ3n) is 3.28. The molecule has 2 aromatic rings. The summed E-state index contributed by atoms with van der Waals surface area (Å²) in [5, 5.41) is 10.9. The quantitative estimate of drug-likeness (QED) is 0.668. The van der Waals surface area contributed by atoms with E-state index in [1.165, 1.54) is 31.4 Å². The molecule has 0 heterocycles. The number of benzene rings is 2. The van der Waals surface area contributed by atoms with Crippen molar-refractivity contribution < 1.29 is 18.1 Å². The van der Waals surface area contributed by atoms with Crippen LogP contribution < -0.4 is 9.46 Å². The molecule has 8 heteroatoms. The van der Waals surface area contributed by atoms with Gasteiger partial charge in [0.2, 0.25) is 0 Å². The van der Waals surface area contributed by atoms with Crippen LogP contribution in [0.2, 0.25) is 0 Å². The average molecular weight is 336 g/mol. The first-order valence-electron chi connectivity index (χ1n) is 6.67. The van der Waals surface area contributed by atoms with E-state index in [2.05, 4.69) is 4.72 Å². The Morgan fingerprint density at radius 2 is 1.83 bits per heavy atom. The summed E-state index contributed by atoms with van der Waals surface area (Å²) >= 11 is 0. The van der Waals surface area contributed by atoms with Crippen molar-refractivity contribution in [1.82, 2.24) is 0 Å². The molecular formula is C15H16N2O5S. The lowest BCUT2D eigenvalue weighted by atomic mass is 10.2. The Hall–Kier alpha value is -2.61. The zero-order chi connectivity index (χ0) is 17.2.